The lowest BCUT2D eigenvalue weighted by atomic mass is 9.84. The van der Waals surface area contributed by atoms with E-state index in [4.69, 9.17) is 9.15 Å². The number of rotatable bonds is 6. The van der Waals surface area contributed by atoms with E-state index in [2.05, 4.69) is 30.5 Å². The molecule has 8 heteroatoms. The highest BCUT2D eigenvalue weighted by molar-refractivity contribution is 5.45. The van der Waals surface area contributed by atoms with E-state index >= 15 is 0 Å². The molecule has 2 atom stereocenters. The maximum atomic E-state index is 5.89. The van der Waals surface area contributed by atoms with Gasteiger partial charge in [0.2, 0.25) is 5.95 Å². The van der Waals surface area contributed by atoms with Crippen LogP contribution in [0.1, 0.15) is 30.9 Å². The third-order valence-electron chi connectivity index (χ3n) is 5.10. The van der Waals surface area contributed by atoms with Crippen LogP contribution in [0.2, 0.25) is 0 Å². The quantitative estimate of drug-likeness (QED) is 0.823. The molecule has 1 saturated heterocycles. The summed E-state index contributed by atoms with van der Waals surface area (Å²) in [5.41, 5.74) is 0. The molecule has 2 N–H and O–H groups in total. The summed E-state index contributed by atoms with van der Waals surface area (Å²) in [7, 11) is 3.55. The van der Waals surface area contributed by atoms with Gasteiger partial charge in [-0.1, -0.05) is 6.42 Å². The fraction of sp³-hybridized carbons (Fsp3) is 0.588. The molecule has 3 heterocycles. The Morgan fingerprint density at radius 1 is 1.28 bits per heavy atom. The average Bonchev–Trinajstić information content (AvgIpc) is 3.21. The number of nitrogens with zero attached hydrogens (tertiary/aromatic N) is 4. The summed E-state index contributed by atoms with van der Waals surface area (Å²) in [5, 5.41) is 6.36. The predicted molar refractivity (Wildman–Crippen MR) is 95.1 cm³/mol. The van der Waals surface area contributed by atoms with E-state index in [1.165, 1.54) is 19.3 Å². The number of ether oxygens (including phenoxy) is 1. The molecular weight excluding hydrogens is 320 g/mol. The summed E-state index contributed by atoms with van der Waals surface area (Å²) in [5.74, 6) is 3.03. The van der Waals surface area contributed by atoms with Gasteiger partial charge in [-0.15, -0.1) is 0 Å². The molecule has 0 aromatic carbocycles. The molecule has 8 nitrogen and oxygen atoms in total. The molecule has 2 aliphatic rings. The summed E-state index contributed by atoms with van der Waals surface area (Å²) in [4.78, 5) is 15.3. The van der Waals surface area contributed by atoms with E-state index in [9.17, 15) is 0 Å². The van der Waals surface area contributed by atoms with Crippen molar-refractivity contribution >= 4 is 17.8 Å². The van der Waals surface area contributed by atoms with Gasteiger partial charge in [-0.2, -0.15) is 4.98 Å². The fourth-order valence-corrected chi connectivity index (χ4v) is 3.38. The van der Waals surface area contributed by atoms with E-state index in [0.29, 0.717) is 17.9 Å². The third kappa shape index (κ3) is 3.26. The molecule has 0 amide bonds. The standard InChI is InChI=1S/C17H24N6O2/c1-18-16-19-7-6-15(22-16)23-9-12(14(10-23)24-2)21-17-20-8-13(25-17)11-4-3-5-11/h6-8,11-12,14H,3-5,9-10H2,1-2H3,(H,20,21)(H,18,19,22)/t12-,14+/m1/s1. The number of hydrogen-bond acceptors (Lipinski definition) is 8. The molecule has 0 bridgehead atoms. The first-order chi connectivity index (χ1) is 12.3. The summed E-state index contributed by atoms with van der Waals surface area (Å²) in [6, 6.07) is 2.58. The Kier molecular flexibility index (Phi) is 4.44. The van der Waals surface area contributed by atoms with Gasteiger partial charge < -0.3 is 24.7 Å². The zero-order valence-electron chi connectivity index (χ0n) is 14.6. The van der Waals surface area contributed by atoms with Crippen LogP contribution in [0.25, 0.3) is 0 Å². The van der Waals surface area contributed by atoms with E-state index in [1.54, 1.807) is 13.3 Å². The van der Waals surface area contributed by atoms with Gasteiger partial charge in [-0.25, -0.2) is 9.97 Å². The SMILES string of the molecule is CNc1nccc(N2C[C@H](OC)[C@H](Nc3ncc(C4CCC4)o3)C2)n1. The highest BCUT2D eigenvalue weighted by atomic mass is 16.5. The van der Waals surface area contributed by atoms with Crippen molar-refractivity contribution in [3.63, 3.8) is 0 Å². The van der Waals surface area contributed by atoms with Crippen molar-refractivity contribution in [2.75, 3.05) is 42.8 Å². The smallest absolute Gasteiger partial charge is 0.295 e. The van der Waals surface area contributed by atoms with Crippen LogP contribution in [-0.2, 0) is 4.74 Å². The van der Waals surface area contributed by atoms with Crippen molar-refractivity contribution in [3.05, 3.63) is 24.2 Å². The Bertz CT molecular complexity index is 717. The van der Waals surface area contributed by atoms with Crippen molar-refractivity contribution in [2.45, 2.75) is 37.3 Å². The van der Waals surface area contributed by atoms with Gasteiger partial charge in [0.15, 0.2) is 0 Å². The van der Waals surface area contributed by atoms with Crippen LogP contribution in [0.5, 0.6) is 0 Å². The lowest BCUT2D eigenvalue weighted by Gasteiger charge is -2.22. The van der Waals surface area contributed by atoms with Crippen molar-refractivity contribution in [2.24, 2.45) is 0 Å². The van der Waals surface area contributed by atoms with Crippen LogP contribution >= 0.6 is 0 Å². The monoisotopic (exact) mass is 344 g/mol. The van der Waals surface area contributed by atoms with Crippen LogP contribution in [-0.4, -0.2) is 54.3 Å². The number of nitrogens with one attached hydrogen (secondary N) is 2. The van der Waals surface area contributed by atoms with Crippen molar-refractivity contribution < 1.29 is 9.15 Å². The summed E-state index contributed by atoms with van der Waals surface area (Å²) in [6.07, 6.45) is 7.33. The minimum Gasteiger partial charge on any atom is -0.428 e. The topological polar surface area (TPSA) is 88.3 Å². The molecular formula is C17H24N6O2. The first-order valence-electron chi connectivity index (χ1n) is 8.77. The Labute approximate surface area is 147 Å². The zero-order chi connectivity index (χ0) is 17.2. The molecule has 0 radical (unpaired) electrons. The minimum absolute atomic E-state index is 0.0343. The van der Waals surface area contributed by atoms with E-state index in [0.717, 1.165) is 24.7 Å². The van der Waals surface area contributed by atoms with Crippen molar-refractivity contribution in [1.82, 2.24) is 15.0 Å². The molecule has 2 aromatic rings. The lowest BCUT2D eigenvalue weighted by molar-refractivity contribution is 0.112. The molecule has 134 valence electrons. The Morgan fingerprint density at radius 2 is 2.16 bits per heavy atom. The zero-order valence-corrected chi connectivity index (χ0v) is 14.6. The highest BCUT2D eigenvalue weighted by Gasteiger charge is 2.35. The number of anilines is 3. The molecule has 1 aliphatic heterocycles. The second-order valence-corrected chi connectivity index (χ2v) is 6.61. The minimum atomic E-state index is 0.0343. The second kappa shape index (κ2) is 6.87. The van der Waals surface area contributed by atoms with Crippen LogP contribution in [0.15, 0.2) is 22.9 Å². The van der Waals surface area contributed by atoms with Gasteiger partial charge in [0.05, 0.1) is 18.3 Å². The fourth-order valence-electron chi connectivity index (χ4n) is 3.38. The maximum Gasteiger partial charge on any atom is 0.295 e. The third-order valence-corrected chi connectivity index (χ3v) is 5.10. The molecule has 0 spiro atoms. The molecule has 25 heavy (non-hydrogen) atoms. The number of aromatic nitrogens is 3. The van der Waals surface area contributed by atoms with Gasteiger partial charge >= 0.3 is 0 Å². The number of methoxy groups -OCH3 is 1. The highest BCUT2D eigenvalue weighted by Crippen LogP contribution is 2.37. The number of oxazole rings is 1. The van der Waals surface area contributed by atoms with Crippen molar-refractivity contribution in [3.8, 4) is 0 Å². The molecule has 2 aromatic heterocycles. The summed E-state index contributed by atoms with van der Waals surface area (Å²) >= 11 is 0. The van der Waals surface area contributed by atoms with Gasteiger partial charge in [-0.05, 0) is 18.9 Å². The van der Waals surface area contributed by atoms with E-state index < -0.39 is 0 Å². The molecule has 2 fully saturated rings. The largest absolute Gasteiger partial charge is 0.428 e. The van der Waals surface area contributed by atoms with Crippen LogP contribution in [0.3, 0.4) is 0 Å². The Hall–Kier alpha value is -2.35. The summed E-state index contributed by atoms with van der Waals surface area (Å²) < 4.78 is 11.5. The van der Waals surface area contributed by atoms with Gasteiger partial charge in [-0.3, -0.25) is 0 Å². The second-order valence-electron chi connectivity index (χ2n) is 6.61. The lowest BCUT2D eigenvalue weighted by Crippen LogP contribution is -2.33. The molecule has 1 aliphatic carbocycles. The van der Waals surface area contributed by atoms with Crippen LogP contribution in [0.4, 0.5) is 17.8 Å². The maximum absolute atomic E-state index is 5.89. The average molecular weight is 344 g/mol. The predicted octanol–water partition coefficient (Wildman–Crippen LogP) is 2.09. The molecule has 1 saturated carbocycles. The van der Waals surface area contributed by atoms with E-state index in [-0.39, 0.29) is 12.1 Å². The van der Waals surface area contributed by atoms with Crippen molar-refractivity contribution in [1.29, 1.82) is 0 Å². The first kappa shape index (κ1) is 16.1. The Balaban J connectivity index is 1.44. The normalized spacial score (nSPS) is 23.5. The summed E-state index contributed by atoms with van der Waals surface area (Å²) in [6.45, 7) is 1.52. The van der Waals surface area contributed by atoms with Gasteiger partial charge in [0.1, 0.15) is 11.6 Å². The van der Waals surface area contributed by atoms with Crippen LogP contribution < -0.4 is 15.5 Å². The van der Waals surface area contributed by atoms with Gasteiger partial charge in [0, 0.05) is 39.4 Å². The molecule has 0 unspecified atom stereocenters. The molecule has 4 rings (SSSR count). The first-order valence-corrected chi connectivity index (χ1v) is 8.77. The Morgan fingerprint density at radius 3 is 2.88 bits per heavy atom. The van der Waals surface area contributed by atoms with Crippen LogP contribution in [0, 0.1) is 0 Å². The number of hydrogen-bond donors (Lipinski definition) is 2. The van der Waals surface area contributed by atoms with E-state index in [1.807, 2.05) is 19.3 Å². The van der Waals surface area contributed by atoms with Gasteiger partial charge in [0.25, 0.3) is 6.01 Å².